The van der Waals surface area contributed by atoms with E-state index < -0.39 is 0 Å². The first kappa shape index (κ1) is 6.09. The third-order valence-electron chi connectivity index (χ3n) is 1.50. The van der Waals surface area contributed by atoms with Crippen molar-refractivity contribution in [2.24, 2.45) is 5.92 Å². The zero-order chi connectivity index (χ0) is 6.15. The van der Waals surface area contributed by atoms with Gasteiger partial charge in [0.05, 0.1) is 0 Å². The molecule has 0 aromatic heterocycles. The predicted molar refractivity (Wildman–Crippen MR) is 33.0 cm³/mol. The monoisotopic (exact) mass is 132 g/mol. The Balaban J connectivity index is 2.28. The number of alkyl halides is 1. The Morgan fingerprint density at radius 3 is 2.62 bits per heavy atom. The number of ketones is 1. The zero-order valence-corrected chi connectivity index (χ0v) is 5.61. The van der Waals surface area contributed by atoms with Gasteiger partial charge in [-0.2, -0.15) is 0 Å². The van der Waals surface area contributed by atoms with Crippen LogP contribution in [0.25, 0.3) is 0 Å². The van der Waals surface area contributed by atoms with Crippen LogP contribution in [0.5, 0.6) is 0 Å². The summed E-state index contributed by atoms with van der Waals surface area (Å²) in [6.45, 7) is 2.00. The van der Waals surface area contributed by atoms with Gasteiger partial charge >= 0.3 is 0 Å². The summed E-state index contributed by atoms with van der Waals surface area (Å²) in [5, 5.41) is 0.113. The quantitative estimate of drug-likeness (QED) is 0.522. The summed E-state index contributed by atoms with van der Waals surface area (Å²) in [5.74, 6) is 0.550. The second-order valence-electron chi connectivity index (χ2n) is 2.20. The molecule has 2 heteroatoms. The Bertz CT molecular complexity index is 111. The molecule has 1 saturated carbocycles. The molecule has 46 valence electrons. The summed E-state index contributed by atoms with van der Waals surface area (Å²) in [6, 6.07) is 0. The number of carbonyl (C=O) groups is 1. The molecule has 1 nitrogen and oxygen atoms in total. The topological polar surface area (TPSA) is 17.1 Å². The summed E-state index contributed by atoms with van der Waals surface area (Å²) in [6.07, 6.45) is 1.64. The first-order chi connectivity index (χ1) is 3.75. The highest BCUT2D eigenvalue weighted by Gasteiger charge is 2.39. The molecule has 0 aromatic carbocycles. The summed E-state index contributed by atoms with van der Waals surface area (Å²) in [5.41, 5.74) is 0. The van der Waals surface area contributed by atoms with Crippen molar-refractivity contribution in [2.45, 2.75) is 25.1 Å². The minimum absolute atomic E-state index is 0.113. The van der Waals surface area contributed by atoms with Gasteiger partial charge in [-0.1, -0.05) is 6.92 Å². The van der Waals surface area contributed by atoms with Crippen LogP contribution in [-0.4, -0.2) is 11.2 Å². The van der Waals surface area contributed by atoms with Gasteiger partial charge < -0.3 is 0 Å². The van der Waals surface area contributed by atoms with Gasteiger partial charge in [0.25, 0.3) is 0 Å². The zero-order valence-electron chi connectivity index (χ0n) is 4.86. The van der Waals surface area contributed by atoms with Gasteiger partial charge in [0, 0.05) is 17.7 Å². The van der Waals surface area contributed by atoms with E-state index in [9.17, 15) is 4.79 Å². The van der Waals surface area contributed by atoms with Crippen LogP contribution in [0.2, 0.25) is 0 Å². The fraction of sp³-hybridized carbons (Fsp3) is 0.833. The second kappa shape index (κ2) is 2.06. The summed E-state index contributed by atoms with van der Waals surface area (Å²) < 4.78 is 0. The fourth-order valence-electron chi connectivity index (χ4n) is 0.772. The molecule has 0 bridgehead atoms. The van der Waals surface area contributed by atoms with E-state index in [1.807, 2.05) is 6.92 Å². The van der Waals surface area contributed by atoms with E-state index in [4.69, 9.17) is 11.6 Å². The van der Waals surface area contributed by atoms with Crippen molar-refractivity contribution in [2.75, 3.05) is 0 Å². The maximum atomic E-state index is 10.4. The van der Waals surface area contributed by atoms with Gasteiger partial charge in [-0.15, -0.1) is 11.6 Å². The van der Waals surface area contributed by atoms with Crippen molar-refractivity contribution < 1.29 is 4.79 Å². The molecule has 1 aliphatic carbocycles. The summed E-state index contributed by atoms with van der Waals surface area (Å²) >= 11 is 5.74. The Labute approximate surface area is 54.0 Å². The van der Waals surface area contributed by atoms with Crippen LogP contribution in [0.4, 0.5) is 0 Å². The Kier molecular flexibility index (Phi) is 1.57. The smallest absolute Gasteiger partial charge is 0.138 e. The Hall–Kier alpha value is -0.0400. The number of hydrogen-bond acceptors (Lipinski definition) is 1. The molecular formula is C6H9ClO. The molecule has 0 amide bonds. The Morgan fingerprint density at radius 2 is 2.50 bits per heavy atom. The van der Waals surface area contributed by atoms with E-state index >= 15 is 0 Å². The van der Waals surface area contributed by atoms with Crippen molar-refractivity contribution in [3.63, 3.8) is 0 Å². The molecule has 0 saturated heterocycles. The second-order valence-corrected chi connectivity index (χ2v) is 2.76. The van der Waals surface area contributed by atoms with Gasteiger partial charge in [-0.05, 0) is 6.42 Å². The summed E-state index contributed by atoms with van der Waals surface area (Å²) in [4.78, 5) is 10.4. The van der Waals surface area contributed by atoms with E-state index in [1.54, 1.807) is 0 Å². The molecule has 8 heavy (non-hydrogen) atoms. The minimum Gasteiger partial charge on any atom is -0.299 e. The molecule has 0 radical (unpaired) electrons. The number of hydrogen-bond donors (Lipinski definition) is 0. The average molecular weight is 133 g/mol. The molecular weight excluding hydrogens is 124 g/mol. The highest BCUT2D eigenvalue weighted by Crippen LogP contribution is 2.32. The lowest BCUT2D eigenvalue weighted by molar-refractivity contribution is -0.111. The van der Waals surface area contributed by atoms with Gasteiger partial charge in [-0.25, -0.2) is 0 Å². The van der Waals surface area contributed by atoms with E-state index in [2.05, 4.69) is 0 Å². The molecule has 2 atom stereocenters. The van der Waals surface area contributed by atoms with Crippen molar-refractivity contribution in [3.05, 3.63) is 0 Å². The van der Waals surface area contributed by atoms with Crippen LogP contribution in [0.1, 0.15) is 19.8 Å². The third-order valence-corrected chi connectivity index (χ3v) is 2.11. The van der Waals surface area contributed by atoms with E-state index in [-0.39, 0.29) is 11.3 Å². The van der Waals surface area contributed by atoms with Crippen molar-refractivity contribution in [3.8, 4) is 0 Å². The maximum Gasteiger partial charge on any atom is 0.138 e. The maximum absolute atomic E-state index is 10.4. The van der Waals surface area contributed by atoms with Crippen molar-refractivity contribution in [1.29, 1.82) is 0 Å². The molecule has 0 N–H and O–H groups in total. The number of rotatable bonds is 2. The van der Waals surface area contributed by atoms with Crippen LogP contribution >= 0.6 is 11.6 Å². The Morgan fingerprint density at radius 1 is 2.00 bits per heavy atom. The molecule has 0 aromatic rings. The van der Waals surface area contributed by atoms with Crippen LogP contribution in [-0.2, 0) is 4.79 Å². The van der Waals surface area contributed by atoms with Crippen LogP contribution in [0, 0.1) is 5.92 Å². The van der Waals surface area contributed by atoms with Crippen molar-refractivity contribution in [1.82, 2.24) is 0 Å². The van der Waals surface area contributed by atoms with Crippen LogP contribution in [0.3, 0.4) is 0 Å². The first-order valence-electron chi connectivity index (χ1n) is 2.92. The minimum atomic E-state index is 0.113. The highest BCUT2D eigenvalue weighted by molar-refractivity contribution is 6.24. The molecule has 1 fully saturated rings. The molecule has 2 unspecified atom stereocenters. The lowest BCUT2D eigenvalue weighted by atomic mass is 10.2. The van der Waals surface area contributed by atoms with Gasteiger partial charge in [-0.3, -0.25) is 4.79 Å². The van der Waals surface area contributed by atoms with Crippen LogP contribution < -0.4 is 0 Å². The van der Waals surface area contributed by atoms with E-state index in [0.29, 0.717) is 5.78 Å². The van der Waals surface area contributed by atoms with Gasteiger partial charge in [0.15, 0.2) is 0 Å². The fourth-order valence-corrected chi connectivity index (χ4v) is 1.00. The highest BCUT2D eigenvalue weighted by atomic mass is 35.5. The number of carbonyl (C=O) groups excluding carboxylic acids is 1. The summed E-state index contributed by atoms with van der Waals surface area (Å²) in [7, 11) is 0. The number of Topliss-reactive ketones (excluding diaryl/α,β-unsaturated/α-hetero) is 1. The van der Waals surface area contributed by atoms with Gasteiger partial charge in [0.2, 0.25) is 0 Å². The third kappa shape index (κ3) is 1.03. The van der Waals surface area contributed by atoms with Gasteiger partial charge in [0.1, 0.15) is 5.78 Å². The largest absolute Gasteiger partial charge is 0.299 e. The standard InChI is InChI=1S/C6H9ClO/c1-2-5(7)4-3-6(4)8/h4-5H,2-3H2,1H3. The van der Waals surface area contributed by atoms with Crippen LogP contribution in [0.15, 0.2) is 0 Å². The lowest BCUT2D eigenvalue weighted by Crippen LogP contribution is -1.99. The molecule has 1 aliphatic rings. The molecule has 1 rings (SSSR count). The van der Waals surface area contributed by atoms with E-state index in [0.717, 1.165) is 12.8 Å². The normalized spacial score (nSPS) is 30.2. The predicted octanol–water partition coefficient (Wildman–Crippen LogP) is 1.59. The molecule has 0 aliphatic heterocycles. The first-order valence-corrected chi connectivity index (χ1v) is 3.36. The van der Waals surface area contributed by atoms with E-state index in [1.165, 1.54) is 0 Å². The number of halogens is 1. The van der Waals surface area contributed by atoms with Crippen molar-refractivity contribution >= 4 is 17.4 Å². The molecule has 0 spiro atoms. The molecule has 0 heterocycles. The SMILES string of the molecule is CCC(Cl)C1CC1=O. The lowest BCUT2D eigenvalue weighted by Gasteiger charge is -1.97. The average Bonchev–Trinajstić information content (AvgIpc) is 2.45.